The molecule has 16 heavy (non-hydrogen) atoms. The molecule has 2 atom stereocenters. The molecule has 4 nitrogen and oxygen atoms in total. The molecule has 0 aromatic carbocycles. The number of hydrogen-bond donors (Lipinski definition) is 1. The molecule has 96 valence electrons. The van der Waals surface area contributed by atoms with Gasteiger partial charge in [0, 0.05) is 6.66 Å². The first-order valence-electron chi connectivity index (χ1n) is 5.85. The second-order valence-electron chi connectivity index (χ2n) is 4.17. The van der Waals surface area contributed by atoms with Gasteiger partial charge >= 0.3 is 0 Å². The summed E-state index contributed by atoms with van der Waals surface area (Å²) >= 11 is 5.32. The molecule has 1 heterocycles. The zero-order chi connectivity index (χ0) is 12.0. The molecule has 0 bridgehead atoms. The molecule has 1 aliphatic rings. The lowest BCUT2D eigenvalue weighted by Gasteiger charge is -2.28. The molecule has 1 N–H and O–H groups in total. The van der Waals surface area contributed by atoms with Crippen LogP contribution in [0.3, 0.4) is 0 Å². The van der Waals surface area contributed by atoms with E-state index in [4.69, 9.17) is 25.6 Å². The zero-order valence-electron chi connectivity index (χ0n) is 10.4. The minimum Gasteiger partial charge on any atom is -0.370 e. The highest BCUT2D eigenvalue weighted by Gasteiger charge is 2.21. The molecule has 0 aromatic heterocycles. The van der Waals surface area contributed by atoms with Crippen LogP contribution in [0, 0.1) is 0 Å². The van der Waals surface area contributed by atoms with Crippen LogP contribution in [0.25, 0.3) is 0 Å². The fourth-order valence-corrected chi connectivity index (χ4v) is 3.91. The van der Waals surface area contributed by atoms with Crippen molar-refractivity contribution in [1.82, 2.24) is 0 Å². The Bertz CT molecular complexity index is 246. The Kier molecular flexibility index (Phi) is 6.40. The van der Waals surface area contributed by atoms with E-state index in [1.807, 2.05) is 13.6 Å². The van der Waals surface area contributed by atoms with Crippen LogP contribution in [-0.4, -0.2) is 52.2 Å². The monoisotopic (exact) mass is 268 g/mol. The van der Waals surface area contributed by atoms with Crippen LogP contribution >= 0.6 is 6.49 Å². The smallest absolute Gasteiger partial charge is 0.186 e. The largest absolute Gasteiger partial charge is 0.370 e. The van der Waals surface area contributed by atoms with Crippen molar-refractivity contribution in [2.75, 3.05) is 46.1 Å². The summed E-state index contributed by atoms with van der Waals surface area (Å²) in [5.74, 6) is 0. The number of quaternary nitrogens is 1. The topological polar surface area (TPSA) is 32.1 Å². The van der Waals surface area contributed by atoms with Gasteiger partial charge in [-0.1, -0.05) is 0 Å². The average molecular weight is 268 g/mol. The maximum atomic E-state index is 5.82. The molecule has 0 spiro atoms. The molecule has 0 unspecified atom stereocenters. The van der Waals surface area contributed by atoms with Gasteiger partial charge in [0.25, 0.3) is 0 Å². The molecule has 0 amide bonds. The number of ether oxygens (including phenoxy) is 1. The third-order valence-electron chi connectivity index (χ3n) is 2.51. The van der Waals surface area contributed by atoms with Crippen molar-refractivity contribution in [3.63, 3.8) is 0 Å². The van der Waals surface area contributed by atoms with Gasteiger partial charge in [-0.05, 0) is 25.7 Å². The maximum Gasteiger partial charge on any atom is 0.186 e. The van der Waals surface area contributed by atoms with Crippen molar-refractivity contribution in [1.29, 1.82) is 0 Å². The maximum absolute atomic E-state index is 5.82. The van der Waals surface area contributed by atoms with Crippen molar-refractivity contribution in [3.05, 3.63) is 0 Å². The van der Waals surface area contributed by atoms with E-state index in [2.05, 4.69) is 6.92 Å². The van der Waals surface area contributed by atoms with Gasteiger partial charge in [-0.3, -0.25) is 0 Å². The Balaban J connectivity index is 2.28. The summed E-state index contributed by atoms with van der Waals surface area (Å²) < 4.78 is 16.6. The summed E-state index contributed by atoms with van der Waals surface area (Å²) in [6.07, 6.45) is 0.162. The van der Waals surface area contributed by atoms with Gasteiger partial charge in [0.15, 0.2) is 6.49 Å². The fraction of sp³-hybridized carbons (Fsp3) is 1.00. The number of rotatable bonds is 6. The van der Waals surface area contributed by atoms with Crippen LogP contribution in [0.2, 0.25) is 0 Å². The van der Waals surface area contributed by atoms with Crippen molar-refractivity contribution in [2.45, 2.75) is 20.0 Å². The minimum atomic E-state index is -2.03. The molecule has 0 radical (unpaired) electrons. The average Bonchev–Trinajstić information content (AvgIpc) is 2.17. The normalized spacial score (nSPS) is 23.9. The van der Waals surface area contributed by atoms with Gasteiger partial charge in [0.1, 0.15) is 25.7 Å². The minimum absolute atomic E-state index is 0.162. The second kappa shape index (κ2) is 7.04. The van der Waals surface area contributed by atoms with Crippen LogP contribution in [0.15, 0.2) is 0 Å². The first-order valence-corrected chi connectivity index (χ1v) is 8.94. The highest BCUT2D eigenvalue weighted by atomic mass is 32.5. The van der Waals surface area contributed by atoms with Gasteiger partial charge in [-0.15, -0.1) is 0 Å². The molecule has 6 heteroatoms. The Labute approximate surface area is 103 Å². The summed E-state index contributed by atoms with van der Waals surface area (Å²) in [6.45, 7) is 9.36. The van der Waals surface area contributed by atoms with E-state index in [0.717, 1.165) is 32.8 Å². The Hall–Kier alpha value is 0.490. The van der Waals surface area contributed by atoms with Crippen LogP contribution < -0.4 is 4.90 Å². The standard InChI is InChI=1S/C10H22NO3PS/c1-4-13-15(3,16)14-10(2)9-11-5-7-12-8-6-11/h10H,4-9H2,1-3H3/p+1/t10-,15+/m1/s1. The summed E-state index contributed by atoms with van der Waals surface area (Å²) in [5.41, 5.74) is 0. The summed E-state index contributed by atoms with van der Waals surface area (Å²) in [4.78, 5) is 1.53. The van der Waals surface area contributed by atoms with Gasteiger partial charge in [-0.25, -0.2) is 0 Å². The summed E-state index contributed by atoms with van der Waals surface area (Å²) in [7, 11) is 0. The zero-order valence-corrected chi connectivity index (χ0v) is 12.1. The highest BCUT2D eigenvalue weighted by Crippen LogP contribution is 2.45. The van der Waals surface area contributed by atoms with Crippen LogP contribution in [0.5, 0.6) is 0 Å². The van der Waals surface area contributed by atoms with E-state index >= 15 is 0 Å². The summed E-state index contributed by atoms with van der Waals surface area (Å²) in [6, 6.07) is 0. The van der Waals surface area contributed by atoms with E-state index in [1.165, 1.54) is 4.90 Å². The van der Waals surface area contributed by atoms with Crippen molar-refractivity contribution >= 4 is 18.3 Å². The quantitative estimate of drug-likeness (QED) is 0.702. The molecule has 1 rings (SSSR count). The van der Waals surface area contributed by atoms with E-state index in [0.29, 0.717) is 6.61 Å². The number of nitrogens with one attached hydrogen (secondary N) is 1. The van der Waals surface area contributed by atoms with Gasteiger partial charge in [-0.2, -0.15) is 0 Å². The Morgan fingerprint density at radius 3 is 2.62 bits per heavy atom. The lowest BCUT2D eigenvalue weighted by Crippen LogP contribution is -3.15. The molecule has 1 aliphatic heterocycles. The highest BCUT2D eigenvalue weighted by molar-refractivity contribution is 8.09. The molecule has 0 aliphatic carbocycles. The number of morpholine rings is 1. The first kappa shape index (κ1) is 14.6. The lowest BCUT2D eigenvalue weighted by atomic mass is 10.3. The number of hydrogen-bond acceptors (Lipinski definition) is 4. The molecule has 1 saturated heterocycles. The molecular formula is C10H23NO3PS+. The van der Waals surface area contributed by atoms with Crippen molar-refractivity contribution < 1.29 is 18.7 Å². The van der Waals surface area contributed by atoms with Crippen LogP contribution in [-0.2, 0) is 25.6 Å². The predicted molar refractivity (Wildman–Crippen MR) is 68.8 cm³/mol. The van der Waals surface area contributed by atoms with Crippen LogP contribution in [0.1, 0.15) is 13.8 Å². The predicted octanol–water partition coefficient (Wildman–Crippen LogP) is 0.282. The van der Waals surface area contributed by atoms with E-state index in [-0.39, 0.29) is 6.10 Å². The van der Waals surface area contributed by atoms with Crippen LogP contribution in [0.4, 0.5) is 0 Å². The van der Waals surface area contributed by atoms with E-state index in [9.17, 15) is 0 Å². The molecule has 0 aromatic rings. The first-order chi connectivity index (χ1) is 7.53. The second-order valence-corrected chi connectivity index (χ2v) is 8.17. The Morgan fingerprint density at radius 2 is 2.06 bits per heavy atom. The third kappa shape index (κ3) is 5.71. The molecule has 1 fully saturated rings. The summed E-state index contributed by atoms with van der Waals surface area (Å²) in [5, 5.41) is 0. The van der Waals surface area contributed by atoms with Crippen molar-refractivity contribution in [2.24, 2.45) is 0 Å². The van der Waals surface area contributed by atoms with Gasteiger partial charge < -0.3 is 18.7 Å². The van der Waals surface area contributed by atoms with Gasteiger partial charge in [0.2, 0.25) is 0 Å². The lowest BCUT2D eigenvalue weighted by molar-refractivity contribution is -0.910. The molecular weight excluding hydrogens is 245 g/mol. The van der Waals surface area contributed by atoms with E-state index < -0.39 is 6.49 Å². The van der Waals surface area contributed by atoms with Gasteiger partial charge in [0.05, 0.1) is 19.8 Å². The van der Waals surface area contributed by atoms with E-state index in [1.54, 1.807) is 0 Å². The molecule has 0 saturated carbocycles. The SMILES string of the molecule is CCO[P@](C)(=S)O[C@H](C)C[NH+]1CCOCC1. The fourth-order valence-electron chi connectivity index (χ4n) is 1.90. The Morgan fingerprint density at radius 1 is 1.44 bits per heavy atom. The van der Waals surface area contributed by atoms with Crippen molar-refractivity contribution in [3.8, 4) is 0 Å². The third-order valence-corrected chi connectivity index (χ3v) is 4.56.